The SMILES string of the molecule is CCc1cc([C@@]2(C)CCN(CC(O)c3ccccc3C)[C@@H](C)C2)c(CCO)s1. The van der Waals surface area contributed by atoms with Gasteiger partial charge >= 0.3 is 0 Å². The second-order valence-corrected chi connectivity index (χ2v) is 9.83. The molecule has 2 N–H and O–H groups in total. The molecule has 3 nitrogen and oxygen atoms in total. The summed E-state index contributed by atoms with van der Waals surface area (Å²) in [6.45, 7) is 10.9. The van der Waals surface area contributed by atoms with Crippen molar-refractivity contribution >= 4 is 11.3 Å². The smallest absolute Gasteiger partial charge is 0.0919 e. The molecule has 1 unspecified atom stereocenters. The molecule has 4 heteroatoms. The summed E-state index contributed by atoms with van der Waals surface area (Å²) in [5, 5.41) is 20.3. The number of aliphatic hydroxyl groups is 2. The van der Waals surface area contributed by atoms with Crippen molar-refractivity contribution in [1.29, 1.82) is 0 Å². The fourth-order valence-corrected chi connectivity index (χ4v) is 5.99. The van der Waals surface area contributed by atoms with Crippen LogP contribution >= 0.6 is 11.3 Å². The summed E-state index contributed by atoms with van der Waals surface area (Å²) in [5.74, 6) is 0. The third-order valence-electron chi connectivity index (χ3n) is 6.47. The number of nitrogens with zero attached hydrogens (tertiary/aromatic N) is 1. The lowest BCUT2D eigenvalue weighted by Crippen LogP contribution is -2.48. The van der Waals surface area contributed by atoms with E-state index in [4.69, 9.17) is 0 Å². The second kappa shape index (κ2) is 9.08. The van der Waals surface area contributed by atoms with E-state index in [1.165, 1.54) is 15.3 Å². The third kappa shape index (κ3) is 4.51. The van der Waals surface area contributed by atoms with Gasteiger partial charge in [-0.15, -0.1) is 11.3 Å². The van der Waals surface area contributed by atoms with Gasteiger partial charge < -0.3 is 10.2 Å². The minimum absolute atomic E-state index is 0.151. The summed E-state index contributed by atoms with van der Waals surface area (Å²) in [6, 6.07) is 10.9. The van der Waals surface area contributed by atoms with E-state index in [-0.39, 0.29) is 12.0 Å². The number of hydrogen-bond donors (Lipinski definition) is 2. The molecule has 154 valence electrons. The van der Waals surface area contributed by atoms with Gasteiger partial charge in [0.1, 0.15) is 0 Å². The molecule has 1 aromatic heterocycles. The topological polar surface area (TPSA) is 43.7 Å². The van der Waals surface area contributed by atoms with Gasteiger partial charge in [-0.1, -0.05) is 38.1 Å². The molecule has 0 saturated carbocycles. The minimum Gasteiger partial charge on any atom is -0.396 e. The standard InChI is InChI=1S/C24H35NO2S/c1-5-19-14-21(23(28-19)10-13-26)24(4)11-12-25(18(3)15-24)16-22(27)20-9-7-6-8-17(20)2/h6-9,14,18,22,26-27H,5,10-13,15-16H2,1-4H3/t18-,22?,24-/m0/s1. The molecule has 0 spiro atoms. The van der Waals surface area contributed by atoms with Gasteiger partial charge in [0.05, 0.1) is 6.10 Å². The molecular formula is C24H35NO2S. The molecule has 1 fully saturated rings. The lowest BCUT2D eigenvalue weighted by molar-refractivity contribution is 0.0507. The van der Waals surface area contributed by atoms with Crippen LogP contribution in [0.15, 0.2) is 30.3 Å². The Bertz CT molecular complexity index is 787. The van der Waals surface area contributed by atoms with E-state index in [2.05, 4.69) is 44.7 Å². The molecule has 28 heavy (non-hydrogen) atoms. The fourth-order valence-electron chi connectivity index (χ4n) is 4.75. The molecule has 2 aromatic rings. The number of likely N-dealkylation sites (tertiary alicyclic amines) is 1. The summed E-state index contributed by atoms with van der Waals surface area (Å²) in [7, 11) is 0. The van der Waals surface area contributed by atoms with E-state index in [1.807, 2.05) is 29.5 Å². The van der Waals surface area contributed by atoms with Crippen LogP contribution in [0.1, 0.15) is 66.2 Å². The molecule has 1 saturated heterocycles. The highest BCUT2D eigenvalue weighted by Gasteiger charge is 2.38. The van der Waals surface area contributed by atoms with Crippen molar-refractivity contribution in [2.45, 2.75) is 70.9 Å². The summed E-state index contributed by atoms with van der Waals surface area (Å²) < 4.78 is 0. The number of aliphatic hydroxyl groups excluding tert-OH is 2. The van der Waals surface area contributed by atoms with Crippen LogP contribution < -0.4 is 0 Å². The lowest BCUT2D eigenvalue weighted by Gasteiger charge is -2.45. The molecule has 1 aliphatic rings. The molecular weight excluding hydrogens is 366 g/mol. The summed E-state index contributed by atoms with van der Waals surface area (Å²) in [4.78, 5) is 5.23. The van der Waals surface area contributed by atoms with Crippen LogP contribution in [0.5, 0.6) is 0 Å². The zero-order chi connectivity index (χ0) is 20.3. The average molecular weight is 402 g/mol. The van der Waals surface area contributed by atoms with Crippen LogP contribution in [0.4, 0.5) is 0 Å². The van der Waals surface area contributed by atoms with Crippen molar-refractivity contribution in [3.8, 4) is 0 Å². The first-order valence-electron chi connectivity index (χ1n) is 10.6. The average Bonchev–Trinajstić information content (AvgIpc) is 3.09. The Morgan fingerprint density at radius 3 is 2.71 bits per heavy atom. The van der Waals surface area contributed by atoms with E-state index in [9.17, 15) is 10.2 Å². The number of thiophene rings is 1. The quantitative estimate of drug-likeness (QED) is 0.711. The number of piperidine rings is 1. The second-order valence-electron chi connectivity index (χ2n) is 8.61. The molecule has 0 radical (unpaired) electrons. The number of rotatable bonds is 7. The van der Waals surface area contributed by atoms with Gasteiger partial charge in [-0.25, -0.2) is 0 Å². The van der Waals surface area contributed by atoms with E-state index < -0.39 is 6.10 Å². The normalized spacial score (nSPS) is 24.4. The first-order chi connectivity index (χ1) is 13.4. The largest absolute Gasteiger partial charge is 0.396 e. The summed E-state index contributed by atoms with van der Waals surface area (Å²) in [6.07, 6.45) is 3.57. The van der Waals surface area contributed by atoms with Gasteiger partial charge in [-0.05, 0) is 67.8 Å². The Morgan fingerprint density at radius 1 is 1.32 bits per heavy atom. The maximum Gasteiger partial charge on any atom is 0.0919 e. The van der Waals surface area contributed by atoms with Crippen molar-refractivity contribution in [2.75, 3.05) is 19.7 Å². The van der Waals surface area contributed by atoms with Gasteiger partial charge in [0, 0.05) is 35.4 Å². The first-order valence-corrected chi connectivity index (χ1v) is 11.4. The number of β-amino-alcohol motifs (C(OH)–C–C–N with tert-alkyl or cyclic N) is 1. The van der Waals surface area contributed by atoms with Gasteiger partial charge in [-0.3, -0.25) is 4.90 Å². The van der Waals surface area contributed by atoms with Crippen LogP contribution in [0.3, 0.4) is 0 Å². The van der Waals surface area contributed by atoms with Crippen LogP contribution in [0.2, 0.25) is 0 Å². The molecule has 3 rings (SSSR count). The molecule has 1 aliphatic heterocycles. The summed E-state index contributed by atoms with van der Waals surface area (Å²) >= 11 is 1.87. The maximum atomic E-state index is 10.8. The van der Waals surface area contributed by atoms with Crippen LogP contribution in [-0.4, -0.2) is 40.9 Å². The zero-order valence-electron chi connectivity index (χ0n) is 17.7. The number of benzene rings is 1. The lowest BCUT2D eigenvalue weighted by atomic mass is 9.71. The highest BCUT2D eigenvalue weighted by Crippen LogP contribution is 2.43. The molecule has 2 heterocycles. The predicted octanol–water partition coefficient (Wildman–Crippen LogP) is 4.63. The first kappa shape index (κ1) is 21.5. The number of hydrogen-bond acceptors (Lipinski definition) is 4. The number of aryl methyl sites for hydroxylation is 2. The fraction of sp³-hybridized carbons (Fsp3) is 0.583. The van der Waals surface area contributed by atoms with Gasteiger partial charge in [0.15, 0.2) is 0 Å². The molecule has 0 amide bonds. The Labute approximate surface area is 174 Å². The highest BCUT2D eigenvalue weighted by molar-refractivity contribution is 7.12. The molecule has 3 atom stereocenters. The Balaban J connectivity index is 1.72. The van der Waals surface area contributed by atoms with E-state index in [0.717, 1.165) is 43.4 Å². The highest BCUT2D eigenvalue weighted by atomic mass is 32.1. The van der Waals surface area contributed by atoms with Crippen molar-refractivity contribution in [1.82, 2.24) is 4.90 Å². The van der Waals surface area contributed by atoms with E-state index in [1.54, 1.807) is 0 Å². The maximum absolute atomic E-state index is 10.8. The molecule has 1 aromatic carbocycles. The van der Waals surface area contributed by atoms with Gasteiger partial charge in [-0.2, -0.15) is 0 Å². The minimum atomic E-state index is -0.439. The zero-order valence-corrected chi connectivity index (χ0v) is 18.6. The van der Waals surface area contributed by atoms with Crippen molar-refractivity contribution in [3.05, 3.63) is 56.8 Å². The molecule has 0 aliphatic carbocycles. The van der Waals surface area contributed by atoms with Crippen molar-refractivity contribution < 1.29 is 10.2 Å². The van der Waals surface area contributed by atoms with Gasteiger partial charge in [0.2, 0.25) is 0 Å². The Hall–Kier alpha value is -1.20. The Kier molecular flexibility index (Phi) is 6.98. The predicted molar refractivity (Wildman–Crippen MR) is 118 cm³/mol. The molecule has 0 bridgehead atoms. The van der Waals surface area contributed by atoms with E-state index >= 15 is 0 Å². The third-order valence-corrected chi connectivity index (χ3v) is 7.81. The van der Waals surface area contributed by atoms with Crippen molar-refractivity contribution in [2.24, 2.45) is 0 Å². The van der Waals surface area contributed by atoms with Crippen LogP contribution in [0, 0.1) is 6.92 Å². The van der Waals surface area contributed by atoms with Crippen LogP contribution in [-0.2, 0) is 18.3 Å². The monoisotopic (exact) mass is 401 g/mol. The van der Waals surface area contributed by atoms with Gasteiger partial charge in [0.25, 0.3) is 0 Å². The van der Waals surface area contributed by atoms with E-state index in [0.29, 0.717) is 12.6 Å². The Morgan fingerprint density at radius 2 is 2.07 bits per heavy atom. The summed E-state index contributed by atoms with van der Waals surface area (Å²) in [5.41, 5.74) is 3.80. The van der Waals surface area contributed by atoms with Crippen molar-refractivity contribution in [3.63, 3.8) is 0 Å². The van der Waals surface area contributed by atoms with Crippen LogP contribution in [0.25, 0.3) is 0 Å².